The largest absolute Gasteiger partial charge is 0.349 e. The first kappa shape index (κ1) is 13.3. The van der Waals surface area contributed by atoms with Crippen molar-refractivity contribution >= 4 is 5.91 Å². The molecule has 0 heterocycles. The van der Waals surface area contributed by atoms with Crippen LogP contribution in [0.4, 0.5) is 0 Å². The van der Waals surface area contributed by atoms with Crippen molar-refractivity contribution in [1.82, 2.24) is 10.6 Å². The van der Waals surface area contributed by atoms with Crippen LogP contribution in [0.25, 0.3) is 0 Å². The number of likely N-dealkylation sites (N-methyl/N-ethyl adjacent to an activating group) is 1. The lowest BCUT2D eigenvalue weighted by Crippen LogP contribution is -2.31. The van der Waals surface area contributed by atoms with E-state index in [2.05, 4.69) is 16.7 Å². The summed E-state index contributed by atoms with van der Waals surface area (Å²) in [5.74, 6) is 3.56. The molecular weight excluding hydrogens is 260 g/mol. The lowest BCUT2D eigenvalue weighted by atomic mass is 10.0. The van der Waals surface area contributed by atoms with Gasteiger partial charge in [-0.05, 0) is 74.6 Å². The van der Waals surface area contributed by atoms with Gasteiger partial charge in [-0.15, -0.1) is 0 Å². The normalized spacial score (nSPS) is 35.6. The highest BCUT2D eigenvalue weighted by molar-refractivity contribution is 5.96. The summed E-state index contributed by atoms with van der Waals surface area (Å²) in [5, 5.41) is 6.49. The van der Waals surface area contributed by atoms with Crippen LogP contribution in [0, 0.1) is 23.7 Å². The minimum Gasteiger partial charge on any atom is -0.349 e. The predicted molar refractivity (Wildman–Crippen MR) is 83.1 cm³/mol. The molecule has 1 aromatic rings. The van der Waals surface area contributed by atoms with Crippen LogP contribution >= 0.6 is 0 Å². The molecule has 0 aliphatic heterocycles. The van der Waals surface area contributed by atoms with Crippen LogP contribution in [0.3, 0.4) is 0 Å². The average Bonchev–Trinajstić information content (AvgIpc) is 2.90. The number of carbonyl (C=O) groups excluding carboxylic acids is 1. The summed E-state index contributed by atoms with van der Waals surface area (Å²) in [6, 6.07) is 8.50. The Bertz CT molecular complexity index is 540. The van der Waals surface area contributed by atoms with Crippen molar-refractivity contribution in [2.24, 2.45) is 23.7 Å². The average molecular weight is 284 g/mol. The van der Waals surface area contributed by atoms with E-state index >= 15 is 0 Å². The lowest BCUT2D eigenvalue weighted by molar-refractivity contribution is 0.0943. The van der Waals surface area contributed by atoms with Crippen LogP contribution in [0.5, 0.6) is 0 Å². The monoisotopic (exact) mass is 284 g/mol. The van der Waals surface area contributed by atoms with Gasteiger partial charge in [-0.25, -0.2) is 0 Å². The van der Waals surface area contributed by atoms with Crippen molar-refractivity contribution in [2.75, 3.05) is 13.6 Å². The van der Waals surface area contributed by atoms with Gasteiger partial charge in [-0.2, -0.15) is 0 Å². The maximum Gasteiger partial charge on any atom is 0.251 e. The Balaban J connectivity index is 1.44. The molecule has 3 saturated carbocycles. The molecule has 1 amide bonds. The highest BCUT2D eigenvalue weighted by Gasteiger charge is 2.65. The summed E-state index contributed by atoms with van der Waals surface area (Å²) in [5.41, 5.74) is 2.02. The number of benzene rings is 1. The summed E-state index contributed by atoms with van der Waals surface area (Å²) >= 11 is 0. The van der Waals surface area contributed by atoms with Gasteiger partial charge in [0.25, 0.3) is 5.91 Å². The standard InChI is InChI=1S/C18H24N2O/c1-19-9-8-11-4-2-3-5-14(11)18(21)20-17-15-12-6-7-13(10-12)16(15)17/h2-5,12-13,15-17,19H,6-10H2,1H3,(H,20,21). The van der Waals surface area contributed by atoms with E-state index < -0.39 is 0 Å². The predicted octanol–water partition coefficient (Wildman–Crippen LogP) is 2.22. The van der Waals surface area contributed by atoms with Crippen molar-refractivity contribution in [1.29, 1.82) is 0 Å². The summed E-state index contributed by atoms with van der Waals surface area (Å²) in [4.78, 5) is 12.6. The second kappa shape index (κ2) is 5.13. The molecule has 4 unspecified atom stereocenters. The smallest absolute Gasteiger partial charge is 0.251 e. The number of amides is 1. The van der Waals surface area contributed by atoms with Gasteiger partial charge in [0.05, 0.1) is 0 Å². The van der Waals surface area contributed by atoms with Crippen LogP contribution in [0.2, 0.25) is 0 Å². The SMILES string of the molecule is CNCCc1ccccc1C(=O)NC1C2C3CCC(C3)C12. The van der Waals surface area contributed by atoms with Crippen molar-refractivity contribution < 1.29 is 4.79 Å². The molecular formula is C18H24N2O. The van der Waals surface area contributed by atoms with E-state index in [-0.39, 0.29) is 5.91 Å². The molecule has 0 saturated heterocycles. The third-order valence-corrected chi connectivity index (χ3v) is 5.94. The Morgan fingerprint density at radius 3 is 2.62 bits per heavy atom. The number of nitrogens with one attached hydrogen (secondary N) is 2. The Morgan fingerprint density at radius 1 is 1.19 bits per heavy atom. The molecule has 3 aliphatic rings. The molecule has 0 radical (unpaired) electrons. The number of hydrogen-bond acceptors (Lipinski definition) is 2. The van der Waals surface area contributed by atoms with Crippen molar-refractivity contribution in [3.8, 4) is 0 Å². The highest BCUT2D eigenvalue weighted by atomic mass is 16.1. The Hall–Kier alpha value is -1.35. The van der Waals surface area contributed by atoms with E-state index in [1.807, 2.05) is 25.2 Å². The second-order valence-corrected chi connectivity index (χ2v) is 7.00. The van der Waals surface area contributed by atoms with Crippen molar-refractivity contribution in [2.45, 2.75) is 31.7 Å². The van der Waals surface area contributed by atoms with Gasteiger partial charge in [-0.1, -0.05) is 18.2 Å². The molecule has 3 fully saturated rings. The fraction of sp³-hybridized carbons (Fsp3) is 0.611. The van der Waals surface area contributed by atoms with E-state index in [0.717, 1.165) is 47.8 Å². The zero-order valence-corrected chi connectivity index (χ0v) is 12.6. The highest BCUT2D eigenvalue weighted by Crippen LogP contribution is 2.65. The van der Waals surface area contributed by atoms with E-state index in [0.29, 0.717) is 6.04 Å². The molecule has 4 rings (SSSR count). The topological polar surface area (TPSA) is 41.1 Å². The summed E-state index contributed by atoms with van der Waals surface area (Å²) in [6.07, 6.45) is 5.14. The van der Waals surface area contributed by atoms with Gasteiger partial charge in [0, 0.05) is 11.6 Å². The van der Waals surface area contributed by atoms with Gasteiger partial charge in [0.2, 0.25) is 0 Å². The van der Waals surface area contributed by atoms with Crippen LogP contribution < -0.4 is 10.6 Å². The van der Waals surface area contributed by atoms with Crippen LogP contribution in [0.1, 0.15) is 35.2 Å². The van der Waals surface area contributed by atoms with Gasteiger partial charge < -0.3 is 10.6 Å². The third kappa shape index (κ3) is 2.18. The molecule has 0 aromatic heterocycles. The van der Waals surface area contributed by atoms with Gasteiger partial charge in [0.15, 0.2) is 0 Å². The van der Waals surface area contributed by atoms with E-state index in [9.17, 15) is 4.79 Å². The number of carbonyl (C=O) groups is 1. The molecule has 3 nitrogen and oxygen atoms in total. The quantitative estimate of drug-likeness (QED) is 0.870. The van der Waals surface area contributed by atoms with Crippen molar-refractivity contribution in [3.63, 3.8) is 0 Å². The molecule has 1 aromatic carbocycles. The molecule has 112 valence electrons. The van der Waals surface area contributed by atoms with Gasteiger partial charge in [0.1, 0.15) is 0 Å². The summed E-state index contributed by atoms with van der Waals surface area (Å²) in [7, 11) is 1.95. The van der Waals surface area contributed by atoms with Gasteiger partial charge >= 0.3 is 0 Å². The summed E-state index contributed by atoms with van der Waals surface area (Å²) < 4.78 is 0. The van der Waals surface area contributed by atoms with Crippen molar-refractivity contribution in [3.05, 3.63) is 35.4 Å². The zero-order valence-electron chi connectivity index (χ0n) is 12.6. The second-order valence-electron chi connectivity index (χ2n) is 7.00. The lowest BCUT2D eigenvalue weighted by Gasteiger charge is -2.13. The maximum absolute atomic E-state index is 12.6. The molecule has 2 N–H and O–H groups in total. The molecule has 4 atom stereocenters. The Morgan fingerprint density at radius 2 is 1.90 bits per heavy atom. The van der Waals surface area contributed by atoms with Crippen LogP contribution in [-0.2, 0) is 6.42 Å². The number of hydrogen-bond donors (Lipinski definition) is 2. The molecule has 0 spiro atoms. The maximum atomic E-state index is 12.6. The first-order chi connectivity index (χ1) is 10.3. The van der Waals surface area contributed by atoms with E-state index in [1.165, 1.54) is 19.3 Å². The zero-order chi connectivity index (χ0) is 14.4. The first-order valence-electron chi connectivity index (χ1n) is 8.33. The Kier molecular flexibility index (Phi) is 3.26. The Labute approximate surface area is 126 Å². The number of fused-ring (bicyclic) bond motifs is 5. The minimum absolute atomic E-state index is 0.139. The molecule has 21 heavy (non-hydrogen) atoms. The molecule has 3 aliphatic carbocycles. The minimum atomic E-state index is 0.139. The summed E-state index contributed by atoms with van der Waals surface area (Å²) in [6.45, 7) is 0.906. The fourth-order valence-corrected chi connectivity index (χ4v) is 4.97. The molecule has 2 bridgehead atoms. The van der Waals surface area contributed by atoms with Crippen LogP contribution in [-0.4, -0.2) is 25.5 Å². The third-order valence-electron chi connectivity index (χ3n) is 5.94. The fourth-order valence-electron chi connectivity index (χ4n) is 4.97. The van der Waals surface area contributed by atoms with Crippen LogP contribution in [0.15, 0.2) is 24.3 Å². The number of rotatable bonds is 5. The first-order valence-corrected chi connectivity index (χ1v) is 8.33. The van der Waals surface area contributed by atoms with Gasteiger partial charge in [-0.3, -0.25) is 4.79 Å². The van der Waals surface area contributed by atoms with E-state index in [4.69, 9.17) is 0 Å². The van der Waals surface area contributed by atoms with E-state index in [1.54, 1.807) is 0 Å². The molecule has 3 heteroatoms.